The Morgan fingerprint density at radius 1 is 1.70 bits per heavy atom. The molecule has 2 N–H and O–H groups in total. The van der Waals surface area contributed by atoms with E-state index >= 15 is 0 Å². The predicted octanol–water partition coefficient (Wildman–Crippen LogP) is 1.97. The van der Waals surface area contributed by atoms with Crippen molar-refractivity contribution >= 4 is 45.0 Å². The minimum Gasteiger partial charge on any atom is -0.303 e. The molecule has 0 aromatic carbocycles. The fraction of sp³-hybridized carbons (Fsp3) is 0. The monoisotopic (exact) mass is 193 g/mol. The Morgan fingerprint density at radius 2 is 2.40 bits per heavy atom. The van der Waals surface area contributed by atoms with Crippen LogP contribution in [0.5, 0.6) is 0 Å². The third kappa shape index (κ3) is 2.24. The SMILES string of the molecule is C=C1N=C(Cl)SNC(=N)S1. The number of nitrogens with zero attached hydrogens (tertiary/aromatic N) is 1. The first kappa shape index (κ1) is 7.97. The lowest BCUT2D eigenvalue weighted by molar-refractivity contribution is 1.44. The maximum atomic E-state index is 7.19. The molecule has 0 bridgehead atoms. The maximum Gasteiger partial charge on any atom is 0.184 e. The van der Waals surface area contributed by atoms with Crippen molar-refractivity contribution in [2.45, 2.75) is 0 Å². The van der Waals surface area contributed by atoms with E-state index in [1.165, 1.54) is 0 Å². The summed E-state index contributed by atoms with van der Waals surface area (Å²) in [6.45, 7) is 3.57. The molecule has 1 rings (SSSR count). The number of nitrogens with one attached hydrogen (secondary N) is 2. The number of hydrogen-bond donors (Lipinski definition) is 2. The molecule has 0 aromatic rings. The summed E-state index contributed by atoms with van der Waals surface area (Å²) >= 11 is 7.82. The molecule has 10 heavy (non-hydrogen) atoms. The molecule has 54 valence electrons. The van der Waals surface area contributed by atoms with Crippen LogP contribution in [0.3, 0.4) is 0 Å². The fourth-order valence-corrected chi connectivity index (χ4v) is 1.69. The number of halogens is 1. The molecule has 0 radical (unpaired) electrons. The lowest BCUT2D eigenvalue weighted by Crippen LogP contribution is -2.08. The van der Waals surface area contributed by atoms with Crippen LogP contribution < -0.4 is 4.72 Å². The summed E-state index contributed by atoms with van der Waals surface area (Å²) in [5.41, 5.74) is 0. The fourth-order valence-electron chi connectivity index (χ4n) is 0.371. The van der Waals surface area contributed by atoms with Crippen LogP contribution in [0.1, 0.15) is 0 Å². The Balaban J connectivity index is 2.71. The van der Waals surface area contributed by atoms with Crippen molar-refractivity contribution in [3.8, 4) is 0 Å². The van der Waals surface area contributed by atoms with Crippen molar-refractivity contribution in [3.05, 3.63) is 11.6 Å². The molecule has 0 aromatic heterocycles. The molecule has 6 heteroatoms. The van der Waals surface area contributed by atoms with Crippen molar-refractivity contribution in [2.75, 3.05) is 0 Å². The van der Waals surface area contributed by atoms with Crippen molar-refractivity contribution in [3.63, 3.8) is 0 Å². The number of hydrogen-bond acceptors (Lipinski definition) is 4. The second-order valence-corrected chi connectivity index (χ2v) is 3.85. The van der Waals surface area contributed by atoms with E-state index in [9.17, 15) is 0 Å². The lowest BCUT2D eigenvalue weighted by Gasteiger charge is -1.96. The van der Waals surface area contributed by atoms with Gasteiger partial charge in [0.1, 0.15) is 0 Å². The van der Waals surface area contributed by atoms with Gasteiger partial charge in [-0.1, -0.05) is 18.2 Å². The predicted molar refractivity (Wildman–Crippen MR) is 48.5 cm³/mol. The first-order chi connectivity index (χ1) is 4.68. The van der Waals surface area contributed by atoms with Gasteiger partial charge in [0, 0.05) is 11.9 Å². The van der Waals surface area contributed by atoms with Crippen molar-refractivity contribution in [1.29, 1.82) is 5.41 Å². The summed E-state index contributed by atoms with van der Waals surface area (Å²) in [6.07, 6.45) is 0. The van der Waals surface area contributed by atoms with Gasteiger partial charge in [0.2, 0.25) is 0 Å². The summed E-state index contributed by atoms with van der Waals surface area (Å²) < 4.78 is 3.02. The van der Waals surface area contributed by atoms with Crippen molar-refractivity contribution in [1.82, 2.24) is 4.72 Å². The quantitative estimate of drug-likeness (QED) is 0.579. The van der Waals surface area contributed by atoms with Crippen LogP contribution in [0.15, 0.2) is 16.6 Å². The van der Waals surface area contributed by atoms with E-state index in [-0.39, 0.29) is 0 Å². The van der Waals surface area contributed by atoms with Crippen LogP contribution in [-0.2, 0) is 0 Å². The molecule has 1 aliphatic rings. The highest BCUT2D eigenvalue weighted by atomic mass is 35.5. The van der Waals surface area contributed by atoms with E-state index in [1.807, 2.05) is 0 Å². The van der Waals surface area contributed by atoms with Gasteiger partial charge in [-0.3, -0.25) is 5.41 Å². The van der Waals surface area contributed by atoms with Gasteiger partial charge in [-0.25, -0.2) is 4.99 Å². The topological polar surface area (TPSA) is 48.2 Å². The van der Waals surface area contributed by atoms with Crippen molar-refractivity contribution < 1.29 is 0 Å². The first-order valence-corrected chi connectivity index (χ1v) is 4.32. The summed E-state index contributed by atoms with van der Waals surface area (Å²) in [5, 5.41) is 8.02. The largest absolute Gasteiger partial charge is 0.303 e. The second-order valence-electron chi connectivity index (χ2n) is 1.39. The lowest BCUT2D eigenvalue weighted by atomic mass is 11.0. The molecule has 0 aliphatic carbocycles. The van der Waals surface area contributed by atoms with Crippen LogP contribution in [-0.4, -0.2) is 9.67 Å². The highest BCUT2D eigenvalue weighted by Gasteiger charge is 2.08. The summed E-state index contributed by atoms with van der Waals surface area (Å²) in [5.74, 6) is 0. The Labute approximate surface area is 72.0 Å². The Kier molecular flexibility index (Phi) is 2.64. The van der Waals surface area contributed by atoms with Gasteiger partial charge < -0.3 is 4.72 Å². The van der Waals surface area contributed by atoms with Gasteiger partial charge in [0.05, 0.1) is 5.03 Å². The smallest absolute Gasteiger partial charge is 0.184 e. The standard InChI is InChI=1S/C4H4ClN3S2/c1-2-7-3(5)10-8-4(6)9-2/h1H2,(H2,6,8). The van der Waals surface area contributed by atoms with Crippen LogP contribution in [0.4, 0.5) is 0 Å². The maximum absolute atomic E-state index is 7.19. The first-order valence-electron chi connectivity index (χ1n) is 2.31. The molecular formula is C4H4ClN3S2. The normalized spacial score (nSPS) is 19.5. The zero-order valence-electron chi connectivity index (χ0n) is 4.85. The van der Waals surface area contributed by atoms with Gasteiger partial charge in [0.25, 0.3) is 0 Å². The minimum atomic E-state index is 0.300. The molecule has 0 spiro atoms. The molecule has 1 aliphatic heterocycles. The summed E-state index contributed by atoms with van der Waals surface area (Å²) in [7, 11) is 0. The van der Waals surface area contributed by atoms with Crippen molar-refractivity contribution in [2.24, 2.45) is 4.99 Å². The molecule has 0 atom stereocenters. The average Bonchev–Trinajstić information content (AvgIpc) is 1.93. The van der Waals surface area contributed by atoms with Crippen LogP contribution in [0.25, 0.3) is 0 Å². The third-order valence-electron chi connectivity index (χ3n) is 0.660. The molecule has 0 saturated carbocycles. The van der Waals surface area contributed by atoms with Gasteiger partial charge in [-0.15, -0.1) is 0 Å². The van der Waals surface area contributed by atoms with E-state index in [2.05, 4.69) is 16.3 Å². The molecule has 0 fully saturated rings. The van der Waals surface area contributed by atoms with Crippen LogP contribution in [0.2, 0.25) is 0 Å². The number of aliphatic imine (C=N–C) groups is 1. The zero-order valence-corrected chi connectivity index (χ0v) is 7.24. The summed E-state index contributed by atoms with van der Waals surface area (Å²) in [4.78, 5) is 3.84. The molecule has 0 saturated heterocycles. The van der Waals surface area contributed by atoms with E-state index < -0.39 is 0 Å². The molecule has 1 heterocycles. The van der Waals surface area contributed by atoms with Crippen LogP contribution >= 0.6 is 35.3 Å². The Bertz CT molecular complexity index is 213. The van der Waals surface area contributed by atoms with E-state index in [1.54, 1.807) is 0 Å². The summed E-state index contributed by atoms with van der Waals surface area (Å²) in [6, 6.07) is 0. The third-order valence-corrected chi connectivity index (χ3v) is 2.30. The number of rotatable bonds is 0. The second kappa shape index (κ2) is 3.32. The highest BCUT2D eigenvalue weighted by molar-refractivity contribution is 8.22. The van der Waals surface area contributed by atoms with Gasteiger partial charge in [-0.05, 0) is 11.8 Å². The van der Waals surface area contributed by atoms with E-state index in [0.717, 1.165) is 23.7 Å². The Hall–Kier alpha value is -0.130. The van der Waals surface area contributed by atoms with E-state index in [4.69, 9.17) is 17.0 Å². The van der Waals surface area contributed by atoms with Gasteiger partial charge >= 0.3 is 0 Å². The van der Waals surface area contributed by atoms with Gasteiger partial charge in [0.15, 0.2) is 9.67 Å². The van der Waals surface area contributed by atoms with Crippen LogP contribution in [0, 0.1) is 5.41 Å². The number of amidine groups is 1. The Morgan fingerprint density at radius 3 is 3.10 bits per heavy atom. The highest BCUT2D eigenvalue weighted by Crippen LogP contribution is 2.22. The van der Waals surface area contributed by atoms with Gasteiger partial charge in [-0.2, -0.15) is 0 Å². The minimum absolute atomic E-state index is 0.300. The molecular weight excluding hydrogens is 190 g/mol. The van der Waals surface area contributed by atoms with E-state index in [0.29, 0.717) is 14.7 Å². The number of thioether (sulfide) groups is 1. The molecule has 0 amide bonds. The molecule has 0 unspecified atom stereocenters. The zero-order chi connectivity index (χ0) is 7.56. The average molecular weight is 194 g/mol. The molecule has 3 nitrogen and oxygen atoms in total.